The summed E-state index contributed by atoms with van der Waals surface area (Å²) >= 11 is 0. The van der Waals surface area contributed by atoms with E-state index in [1.807, 2.05) is 19.3 Å². The largest absolute Gasteiger partial charge is 0.320 e. The molecular weight excluding hydrogens is 407 g/mol. The Bertz CT molecular complexity index is 1320. The van der Waals surface area contributed by atoms with Crippen molar-refractivity contribution in [3.05, 3.63) is 59.4 Å². The Balaban J connectivity index is 1.46. The first-order chi connectivity index (χ1) is 15.4. The van der Waals surface area contributed by atoms with Crippen LogP contribution >= 0.6 is 0 Å². The van der Waals surface area contributed by atoms with Crippen molar-refractivity contribution in [1.82, 2.24) is 24.1 Å². The summed E-state index contributed by atoms with van der Waals surface area (Å²) in [6, 6.07) is 5.21. The summed E-state index contributed by atoms with van der Waals surface area (Å²) in [5, 5.41) is 8.44. The van der Waals surface area contributed by atoms with Gasteiger partial charge in [-0.1, -0.05) is 13.0 Å². The van der Waals surface area contributed by atoms with Crippen LogP contribution in [0.1, 0.15) is 47.3 Å². The van der Waals surface area contributed by atoms with Crippen LogP contribution in [-0.4, -0.2) is 49.6 Å². The fourth-order valence-electron chi connectivity index (χ4n) is 4.79. The molecule has 0 saturated carbocycles. The van der Waals surface area contributed by atoms with Crippen molar-refractivity contribution in [2.45, 2.75) is 32.6 Å². The molecule has 3 aromatic heterocycles. The van der Waals surface area contributed by atoms with E-state index in [9.17, 15) is 9.18 Å². The lowest BCUT2D eigenvalue weighted by Crippen LogP contribution is -2.32. The number of hydrogen-bond acceptors (Lipinski definition) is 4. The molecule has 1 fully saturated rings. The zero-order chi connectivity index (χ0) is 22.4. The minimum Gasteiger partial charge on any atom is -0.320 e. The smallest absolute Gasteiger partial charge is 0.257 e. The third-order valence-corrected chi connectivity index (χ3v) is 6.43. The van der Waals surface area contributed by atoms with Gasteiger partial charge in [0.1, 0.15) is 5.52 Å². The van der Waals surface area contributed by atoms with Gasteiger partial charge in [-0.15, -0.1) is 0 Å². The van der Waals surface area contributed by atoms with E-state index in [2.05, 4.69) is 33.3 Å². The average molecular weight is 435 g/mol. The first-order valence-corrected chi connectivity index (χ1v) is 11.1. The Kier molecular flexibility index (Phi) is 5.17. The molecule has 1 amide bonds. The topological polar surface area (TPSA) is 67.5 Å². The van der Waals surface area contributed by atoms with Gasteiger partial charge in [-0.05, 0) is 56.9 Å². The zero-order valence-electron chi connectivity index (χ0n) is 18.6. The van der Waals surface area contributed by atoms with E-state index in [4.69, 9.17) is 0 Å². The number of nitrogens with zero attached hydrogens (tertiary/aromatic N) is 5. The van der Waals surface area contributed by atoms with E-state index >= 15 is 0 Å². The molecular formula is C24H27FN6O. The summed E-state index contributed by atoms with van der Waals surface area (Å²) < 4.78 is 17.8. The lowest BCUT2D eigenvalue weighted by atomic mass is 9.87. The molecule has 0 spiro atoms. The van der Waals surface area contributed by atoms with E-state index in [-0.39, 0.29) is 11.6 Å². The molecule has 7 nitrogen and oxygen atoms in total. The van der Waals surface area contributed by atoms with Crippen LogP contribution in [-0.2, 0) is 7.05 Å². The van der Waals surface area contributed by atoms with Gasteiger partial charge in [0.05, 0.1) is 16.9 Å². The molecule has 1 aliphatic heterocycles. The number of imidazole rings is 1. The minimum atomic E-state index is -0.479. The monoisotopic (exact) mass is 434 g/mol. The van der Waals surface area contributed by atoms with Crippen molar-refractivity contribution in [1.29, 1.82) is 0 Å². The summed E-state index contributed by atoms with van der Waals surface area (Å²) in [5.41, 5.74) is 3.74. The van der Waals surface area contributed by atoms with E-state index in [0.29, 0.717) is 28.4 Å². The van der Waals surface area contributed by atoms with Crippen LogP contribution in [0.5, 0.6) is 0 Å². The summed E-state index contributed by atoms with van der Waals surface area (Å²) in [6.45, 7) is 7.26. The molecule has 166 valence electrons. The van der Waals surface area contributed by atoms with Crippen LogP contribution in [0.4, 0.5) is 10.1 Å². The maximum Gasteiger partial charge on any atom is 0.257 e. The van der Waals surface area contributed by atoms with Crippen LogP contribution in [0.25, 0.3) is 16.6 Å². The van der Waals surface area contributed by atoms with E-state index in [0.717, 1.165) is 37.9 Å². The van der Waals surface area contributed by atoms with Crippen molar-refractivity contribution in [3.8, 4) is 0 Å². The van der Waals surface area contributed by atoms with E-state index in [1.54, 1.807) is 28.4 Å². The number of piperidine rings is 1. The highest BCUT2D eigenvalue weighted by Gasteiger charge is 2.24. The predicted octanol–water partition coefficient (Wildman–Crippen LogP) is 4.12. The highest BCUT2D eigenvalue weighted by Crippen LogP contribution is 2.34. The Morgan fingerprint density at radius 1 is 1.22 bits per heavy atom. The number of hydrogen-bond donors (Lipinski definition) is 1. The lowest BCUT2D eigenvalue weighted by Gasteiger charge is -2.31. The molecule has 0 aliphatic carbocycles. The van der Waals surface area contributed by atoms with Crippen LogP contribution < -0.4 is 5.32 Å². The van der Waals surface area contributed by atoms with Crippen molar-refractivity contribution >= 4 is 28.1 Å². The number of carbonyl (C=O) groups is 1. The summed E-state index contributed by atoms with van der Waals surface area (Å²) in [5.74, 6) is -0.327. The molecule has 1 aliphatic rings. The average Bonchev–Trinajstić information content (AvgIpc) is 3.34. The maximum atomic E-state index is 14.4. The first-order valence-electron chi connectivity index (χ1n) is 11.1. The van der Waals surface area contributed by atoms with E-state index in [1.165, 1.54) is 11.6 Å². The molecule has 8 heteroatoms. The molecule has 0 unspecified atom stereocenters. The number of rotatable bonds is 4. The van der Waals surface area contributed by atoms with Gasteiger partial charge < -0.3 is 14.6 Å². The predicted molar refractivity (Wildman–Crippen MR) is 123 cm³/mol. The van der Waals surface area contributed by atoms with Crippen LogP contribution in [0.2, 0.25) is 0 Å². The van der Waals surface area contributed by atoms with Crippen molar-refractivity contribution in [3.63, 3.8) is 0 Å². The Hall–Kier alpha value is -3.26. The van der Waals surface area contributed by atoms with Gasteiger partial charge in [-0.3, -0.25) is 9.48 Å². The number of fused-ring (bicyclic) bond motifs is 2. The van der Waals surface area contributed by atoms with Gasteiger partial charge in [-0.25, -0.2) is 9.37 Å². The second-order valence-electron chi connectivity index (χ2n) is 8.62. The second-order valence-corrected chi connectivity index (χ2v) is 8.62. The number of benzene rings is 1. The molecule has 1 saturated heterocycles. The number of aromatic nitrogens is 4. The highest BCUT2D eigenvalue weighted by molar-refractivity contribution is 6.12. The van der Waals surface area contributed by atoms with Crippen molar-refractivity contribution in [2.75, 3.05) is 25.0 Å². The minimum absolute atomic E-state index is 0.242. The standard InChI is InChI=1S/C24H27FN6O/c1-4-30-9-7-16(8-10-30)18-5-6-19(22-20(18)14-29(3)28-22)24(32)27-17-11-21(25)23-26-15(2)12-31(23)13-17/h5-6,11-14,16H,4,7-10H2,1-3H3,(H,27,32). The Labute approximate surface area is 185 Å². The number of amides is 1. The molecule has 0 bridgehead atoms. The Morgan fingerprint density at radius 3 is 2.75 bits per heavy atom. The number of likely N-dealkylation sites (tertiary alicyclic amines) is 1. The van der Waals surface area contributed by atoms with Gasteiger partial charge in [-0.2, -0.15) is 5.10 Å². The van der Waals surface area contributed by atoms with Gasteiger partial charge >= 0.3 is 0 Å². The van der Waals surface area contributed by atoms with Crippen molar-refractivity contribution < 1.29 is 9.18 Å². The number of carbonyl (C=O) groups excluding carboxylic acids is 1. The number of pyridine rings is 1. The third-order valence-electron chi connectivity index (χ3n) is 6.43. The van der Waals surface area contributed by atoms with Gasteiger partial charge in [0.2, 0.25) is 0 Å². The summed E-state index contributed by atoms with van der Waals surface area (Å²) in [4.78, 5) is 19.8. The molecule has 4 heterocycles. The second kappa shape index (κ2) is 8.02. The number of anilines is 1. The van der Waals surface area contributed by atoms with Crippen molar-refractivity contribution in [2.24, 2.45) is 7.05 Å². The molecule has 4 aromatic rings. The number of nitrogens with one attached hydrogen (secondary N) is 1. The molecule has 1 N–H and O–H groups in total. The highest BCUT2D eigenvalue weighted by atomic mass is 19.1. The van der Waals surface area contributed by atoms with Gasteiger partial charge in [0.15, 0.2) is 11.5 Å². The molecule has 1 aromatic carbocycles. The maximum absolute atomic E-state index is 14.4. The fourth-order valence-corrected chi connectivity index (χ4v) is 4.79. The number of aryl methyl sites for hydroxylation is 2. The number of halogens is 1. The summed E-state index contributed by atoms with van der Waals surface area (Å²) in [7, 11) is 1.87. The first kappa shape index (κ1) is 20.6. The fraction of sp³-hybridized carbons (Fsp3) is 0.375. The van der Waals surface area contributed by atoms with Gasteiger partial charge in [0, 0.05) is 37.1 Å². The summed E-state index contributed by atoms with van der Waals surface area (Å²) in [6.07, 6.45) is 7.60. The normalized spacial score (nSPS) is 15.6. The molecule has 32 heavy (non-hydrogen) atoms. The zero-order valence-corrected chi connectivity index (χ0v) is 18.6. The molecule has 0 atom stereocenters. The quantitative estimate of drug-likeness (QED) is 0.525. The third kappa shape index (κ3) is 3.64. The van der Waals surface area contributed by atoms with Crippen LogP contribution in [0.15, 0.2) is 36.8 Å². The SMILES string of the molecule is CCN1CCC(c2ccc(C(=O)Nc3cc(F)c4nc(C)cn4c3)c3nn(C)cc23)CC1. The lowest BCUT2D eigenvalue weighted by molar-refractivity contribution is 0.102. The van der Waals surface area contributed by atoms with E-state index < -0.39 is 5.82 Å². The van der Waals surface area contributed by atoms with Gasteiger partial charge in [0.25, 0.3) is 5.91 Å². The van der Waals surface area contributed by atoms with Crippen LogP contribution in [0.3, 0.4) is 0 Å². The molecule has 0 radical (unpaired) electrons. The Morgan fingerprint density at radius 2 is 2.00 bits per heavy atom. The molecule has 5 rings (SSSR count). The van der Waals surface area contributed by atoms with Crippen LogP contribution in [0, 0.1) is 12.7 Å².